The molecule has 0 fully saturated rings. The Morgan fingerprint density at radius 1 is 1.33 bits per heavy atom. The lowest BCUT2D eigenvalue weighted by atomic mass is 10.2. The number of hydrogen-bond donors (Lipinski definition) is 0. The molecule has 0 unspecified atom stereocenters. The van der Waals surface area contributed by atoms with Crippen LogP contribution in [-0.2, 0) is 11.3 Å². The van der Waals surface area contributed by atoms with Gasteiger partial charge in [-0.05, 0) is 19.1 Å². The summed E-state index contributed by atoms with van der Waals surface area (Å²) in [5, 5.41) is 9.91. The van der Waals surface area contributed by atoms with Gasteiger partial charge in [-0.1, -0.05) is 6.07 Å². The van der Waals surface area contributed by atoms with Crippen molar-refractivity contribution in [2.24, 2.45) is 0 Å². The molecule has 1 aromatic heterocycles. The van der Waals surface area contributed by atoms with E-state index >= 15 is 0 Å². The molecule has 0 amide bonds. The lowest BCUT2D eigenvalue weighted by molar-refractivity contribution is 0.182. The fourth-order valence-corrected chi connectivity index (χ4v) is 2.81. The van der Waals surface area contributed by atoms with E-state index in [4.69, 9.17) is 14.2 Å². The van der Waals surface area contributed by atoms with E-state index in [1.807, 2.05) is 25.1 Å². The Morgan fingerprint density at radius 3 is 2.76 bits per heavy atom. The Labute approximate surface area is 127 Å². The number of nitriles is 1. The van der Waals surface area contributed by atoms with E-state index < -0.39 is 0 Å². The van der Waals surface area contributed by atoms with Gasteiger partial charge >= 0.3 is 0 Å². The van der Waals surface area contributed by atoms with Gasteiger partial charge in [0.25, 0.3) is 0 Å². The maximum atomic E-state index is 9.19. The standard InChI is InChI=1S/C15H16N2O3S/c1-4-20-14-10(6-5-7-12(14)19-3)15-17-11(9-18-2)13(8-16)21-15/h5-7H,4,9H2,1-3H3. The number of rotatable bonds is 6. The van der Waals surface area contributed by atoms with Gasteiger partial charge in [0.2, 0.25) is 0 Å². The topological polar surface area (TPSA) is 64.4 Å². The third kappa shape index (κ3) is 3.15. The quantitative estimate of drug-likeness (QED) is 0.819. The van der Waals surface area contributed by atoms with Gasteiger partial charge in [0, 0.05) is 7.11 Å². The Morgan fingerprint density at radius 2 is 2.14 bits per heavy atom. The maximum absolute atomic E-state index is 9.19. The van der Waals surface area contributed by atoms with Crippen molar-refractivity contribution in [2.45, 2.75) is 13.5 Å². The zero-order valence-electron chi connectivity index (χ0n) is 12.2. The first-order valence-corrected chi connectivity index (χ1v) is 7.25. The van der Waals surface area contributed by atoms with Crippen LogP contribution >= 0.6 is 11.3 Å². The number of ether oxygens (including phenoxy) is 3. The summed E-state index contributed by atoms with van der Waals surface area (Å²) < 4.78 is 16.1. The van der Waals surface area contributed by atoms with Crippen LogP contribution in [0.5, 0.6) is 11.5 Å². The van der Waals surface area contributed by atoms with E-state index in [-0.39, 0.29) is 0 Å². The zero-order valence-corrected chi connectivity index (χ0v) is 13.0. The van der Waals surface area contributed by atoms with Crippen LogP contribution in [0.25, 0.3) is 10.6 Å². The fraction of sp³-hybridized carbons (Fsp3) is 0.333. The van der Waals surface area contributed by atoms with Crippen LogP contribution in [0.15, 0.2) is 18.2 Å². The van der Waals surface area contributed by atoms with Crippen molar-refractivity contribution in [1.29, 1.82) is 5.26 Å². The summed E-state index contributed by atoms with van der Waals surface area (Å²) in [5.41, 5.74) is 1.46. The molecule has 0 saturated carbocycles. The van der Waals surface area contributed by atoms with Gasteiger partial charge in [0.1, 0.15) is 16.0 Å². The summed E-state index contributed by atoms with van der Waals surface area (Å²) >= 11 is 1.32. The molecule has 0 spiro atoms. The van der Waals surface area contributed by atoms with Crippen molar-refractivity contribution in [3.8, 4) is 28.1 Å². The highest BCUT2D eigenvalue weighted by molar-refractivity contribution is 7.15. The molecule has 110 valence electrons. The second kappa shape index (κ2) is 7.07. The molecule has 0 bridgehead atoms. The van der Waals surface area contributed by atoms with Crippen LogP contribution in [0, 0.1) is 11.3 Å². The van der Waals surface area contributed by atoms with Crippen molar-refractivity contribution in [3.63, 3.8) is 0 Å². The molecule has 1 heterocycles. The van der Waals surface area contributed by atoms with E-state index in [0.717, 1.165) is 10.6 Å². The molecule has 0 aliphatic rings. The van der Waals surface area contributed by atoms with Crippen LogP contribution < -0.4 is 9.47 Å². The highest BCUT2D eigenvalue weighted by atomic mass is 32.1. The van der Waals surface area contributed by atoms with Gasteiger partial charge in [-0.25, -0.2) is 4.98 Å². The molecule has 0 saturated heterocycles. The number of thiazole rings is 1. The summed E-state index contributed by atoms with van der Waals surface area (Å²) in [6.45, 7) is 2.75. The number of nitrogens with zero attached hydrogens (tertiary/aromatic N) is 2. The molecular weight excluding hydrogens is 288 g/mol. The van der Waals surface area contributed by atoms with E-state index in [2.05, 4.69) is 11.1 Å². The smallest absolute Gasteiger partial charge is 0.171 e. The first-order chi connectivity index (χ1) is 10.2. The minimum Gasteiger partial charge on any atom is -0.493 e. The van der Waals surface area contributed by atoms with Gasteiger partial charge in [-0.15, -0.1) is 11.3 Å². The van der Waals surface area contributed by atoms with Crippen molar-refractivity contribution in [1.82, 2.24) is 4.98 Å². The number of methoxy groups -OCH3 is 2. The second-order valence-corrected chi connectivity index (χ2v) is 5.11. The number of para-hydroxylation sites is 1. The molecule has 0 aliphatic carbocycles. The highest BCUT2D eigenvalue weighted by Crippen LogP contribution is 2.40. The molecule has 0 atom stereocenters. The molecule has 0 radical (unpaired) electrons. The van der Waals surface area contributed by atoms with Crippen LogP contribution in [0.1, 0.15) is 17.5 Å². The van der Waals surface area contributed by atoms with Gasteiger partial charge < -0.3 is 14.2 Å². The first-order valence-electron chi connectivity index (χ1n) is 6.44. The van der Waals surface area contributed by atoms with E-state index in [0.29, 0.717) is 35.3 Å². The summed E-state index contributed by atoms with van der Waals surface area (Å²) in [4.78, 5) is 5.05. The average molecular weight is 304 g/mol. The molecule has 0 N–H and O–H groups in total. The molecule has 5 nitrogen and oxygen atoms in total. The minimum absolute atomic E-state index is 0.313. The summed E-state index contributed by atoms with van der Waals surface area (Å²) in [6, 6.07) is 7.77. The Balaban J connectivity index is 2.53. The second-order valence-electron chi connectivity index (χ2n) is 4.11. The first kappa shape index (κ1) is 15.3. The van der Waals surface area contributed by atoms with Gasteiger partial charge in [0.15, 0.2) is 11.5 Å². The van der Waals surface area contributed by atoms with Crippen LogP contribution in [0.2, 0.25) is 0 Å². The average Bonchev–Trinajstić information content (AvgIpc) is 2.91. The van der Waals surface area contributed by atoms with Gasteiger partial charge in [0.05, 0.1) is 31.6 Å². The molecular formula is C15H16N2O3S. The summed E-state index contributed by atoms with van der Waals surface area (Å²) in [5.74, 6) is 1.29. The van der Waals surface area contributed by atoms with Crippen molar-refractivity contribution >= 4 is 11.3 Å². The van der Waals surface area contributed by atoms with Crippen LogP contribution in [0.3, 0.4) is 0 Å². The summed E-state index contributed by atoms with van der Waals surface area (Å²) in [6.07, 6.45) is 0. The van der Waals surface area contributed by atoms with Crippen LogP contribution in [0.4, 0.5) is 0 Å². The van der Waals surface area contributed by atoms with E-state index in [1.165, 1.54) is 11.3 Å². The highest BCUT2D eigenvalue weighted by Gasteiger charge is 2.18. The summed E-state index contributed by atoms with van der Waals surface area (Å²) in [7, 11) is 3.18. The minimum atomic E-state index is 0.313. The predicted molar refractivity (Wildman–Crippen MR) is 80.7 cm³/mol. The van der Waals surface area contributed by atoms with Crippen LogP contribution in [-0.4, -0.2) is 25.8 Å². The monoisotopic (exact) mass is 304 g/mol. The van der Waals surface area contributed by atoms with Gasteiger partial charge in [-0.3, -0.25) is 0 Å². The van der Waals surface area contributed by atoms with Gasteiger partial charge in [-0.2, -0.15) is 5.26 Å². The molecule has 21 heavy (non-hydrogen) atoms. The zero-order chi connectivity index (χ0) is 15.2. The largest absolute Gasteiger partial charge is 0.493 e. The lowest BCUT2D eigenvalue weighted by Gasteiger charge is -2.12. The van der Waals surface area contributed by atoms with E-state index in [1.54, 1.807) is 14.2 Å². The fourth-order valence-electron chi connectivity index (χ4n) is 1.93. The third-order valence-electron chi connectivity index (χ3n) is 2.80. The lowest BCUT2D eigenvalue weighted by Crippen LogP contribution is -1.97. The number of hydrogen-bond acceptors (Lipinski definition) is 6. The third-order valence-corrected chi connectivity index (χ3v) is 3.83. The Bertz CT molecular complexity index is 661. The normalized spacial score (nSPS) is 10.2. The van der Waals surface area contributed by atoms with Crippen molar-refractivity contribution < 1.29 is 14.2 Å². The Kier molecular flexibility index (Phi) is 5.14. The predicted octanol–water partition coefficient (Wildman–Crippen LogP) is 3.24. The molecule has 0 aliphatic heterocycles. The number of aromatic nitrogens is 1. The van der Waals surface area contributed by atoms with Crippen molar-refractivity contribution in [2.75, 3.05) is 20.8 Å². The SMILES string of the molecule is CCOc1c(OC)cccc1-c1nc(COC)c(C#N)s1. The molecule has 2 rings (SSSR count). The molecule has 2 aromatic rings. The number of benzene rings is 1. The molecule has 1 aromatic carbocycles. The maximum Gasteiger partial charge on any atom is 0.171 e. The Hall–Kier alpha value is -2.10. The molecule has 6 heteroatoms. The van der Waals surface area contributed by atoms with Crippen molar-refractivity contribution in [3.05, 3.63) is 28.8 Å². The van der Waals surface area contributed by atoms with E-state index in [9.17, 15) is 5.26 Å².